The minimum Gasteiger partial charge on any atom is -0.468 e. The second kappa shape index (κ2) is 6.88. The quantitative estimate of drug-likeness (QED) is 0.850. The van der Waals surface area contributed by atoms with Gasteiger partial charge in [-0.1, -0.05) is 35.9 Å². The number of hydrogen-bond donors (Lipinski definition) is 1. The standard InChI is InChI=1S/C19H18FNO3S/c1-12-7-9-13(10-8-12)25-19(18(23)24-2)11-16(22)21-17(19)14-5-3-4-6-15(14)20/h3-10,17H,11H2,1-2H3,(H,21,22)/t17?,19-/m1/s1. The van der Waals surface area contributed by atoms with Crippen molar-refractivity contribution in [3.8, 4) is 0 Å². The lowest BCUT2D eigenvalue weighted by molar-refractivity contribution is -0.144. The molecule has 1 aliphatic heterocycles. The van der Waals surface area contributed by atoms with Gasteiger partial charge in [-0.25, -0.2) is 4.39 Å². The second-order valence-corrected chi connectivity index (χ2v) is 7.40. The number of hydrogen-bond acceptors (Lipinski definition) is 4. The SMILES string of the molecule is COC(=O)[C@@]1(Sc2ccc(C)cc2)CC(=O)NC1c1ccccc1F. The lowest BCUT2D eigenvalue weighted by Gasteiger charge is -2.31. The number of thioether (sulfide) groups is 1. The molecule has 4 nitrogen and oxygen atoms in total. The Morgan fingerprint density at radius 2 is 1.92 bits per heavy atom. The van der Waals surface area contributed by atoms with Crippen LogP contribution in [0.5, 0.6) is 0 Å². The van der Waals surface area contributed by atoms with Gasteiger partial charge in [-0.2, -0.15) is 0 Å². The molecular weight excluding hydrogens is 341 g/mol. The van der Waals surface area contributed by atoms with E-state index in [0.29, 0.717) is 0 Å². The van der Waals surface area contributed by atoms with Gasteiger partial charge in [0, 0.05) is 10.5 Å². The number of rotatable bonds is 4. The molecule has 1 aliphatic rings. The number of benzene rings is 2. The van der Waals surface area contributed by atoms with Gasteiger partial charge in [0.25, 0.3) is 0 Å². The highest BCUT2D eigenvalue weighted by atomic mass is 32.2. The molecule has 2 aromatic rings. The fourth-order valence-corrected chi connectivity index (χ4v) is 4.39. The van der Waals surface area contributed by atoms with E-state index in [9.17, 15) is 14.0 Å². The fraction of sp³-hybridized carbons (Fsp3) is 0.263. The summed E-state index contributed by atoms with van der Waals surface area (Å²) in [5, 5.41) is 2.75. The zero-order valence-corrected chi connectivity index (χ0v) is 14.7. The highest BCUT2D eigenvalue weighted by Gasteiger charge is 2.56. The zero-order valence-electron chi connectivity index (χ0n) is 13.9. The van der Waals surface area contributed by atoms with Gasteiger partial charge in [0.15, 0.2) is 4.75 Å². The van der Waals surface area contributed by atoms with Crippen LogP contribution in [0, 0.1) is 12.7 Å². The molecule has 1 saturated heterocycles. The Morgan fingerprint density at radius 1 is 1.24 bits per heavy atom. The Kier molecular flexibility index (Phi) is 4.81. The van der Waals surface area contributed by atoms with Crippen LogP contribution in [0.25, 0.3) is 0 Å². The minimum atomic E-state index is -1.26. The second-order valence-electron chi connectivity index (χ2n) is 6.00. The zero-order chi connectivity index (χ0) is 18.0. The van der Waals surface area contributed by atoms with Crippen LogP contribution in [0.1, 0.15) is 23.6 Å². The predicted molar refractivity (Wildman–Crippen MR) is 93.7 cm³/mol. The van der Waals surface area contributed by atoms with E-state index in [1.54, 1.807) is 18.2 Å². The Hall–Kier alpha value is -2.34. The van der Waals surface area contributed by atoms with Crippen LogP contribution in [0.15, 0.2) is 53.4 Å². The van der Waals surface area contributed by atoms with Crippen LogP contribution in [0.2, 0.25) is 0 Å². The molecule has 0 spiro atoms. The van der Waals surface area contributed by atoms with E-state index in [-0.39, 0.29) is 17.9 Å². The molecule has 1 amide bonds. The van der Waals surface area contributed by atoms with Crippen molar-refractivity contribution in [3.63, 3.8) is 0 Å². The lowest BCUT2D eigenvalue weighted by Crippen LogP contribution is -2.41. The fourth-order valence-electron chi connectivity index (χ4n) is 3.02. The third-order valence-corrected chi connectivity index (χ3v) is 5.68. The highest BCUT2D eigenvalue weighted by Crippen LogP contribution is 2.49. The lowest BCUT2D eigenvalue weighted by atomic mass is 9.92. The van der Waals surface area contributed by atoms with Gasteiger partial charge < -0.3 is 10.1 Å². The summed E-state index contributed by atoms with van der Waals surface area (Å²) in [6.45, 7) is 1.97. The molecule has 1 N–H and O–H groups in total. The summed E-state index contributed by atoms with van der Waals surface area (Å²) in [5.74, 6) is -1.32. The van der Waals surface area contributed by atoms with Gasteiger partial charge >= 0.3 is 5.97 Å². The summed E-state index contributed by atoms with van der Waals surface area (Å²) < 4.78 is 18.1. The van der Waals surface area contributed by atoms with Crippen molar-refractivity contribution in [1.29, 1.82) is 0 Å². The van der Waals surface area contributed by atoms with E-state index in [1.165, 1.54) is 24.9 Å². The van der Waals surface area contributed by atoms with Crippen LogP contribution in [0.4, 0.5) is 4.39 Å². The van der Waals surface area contributed by atoms with Gasteiger partial charge in [-0.15, -0.1) is 11.8 Å². The number of amides is 1. The summed E-state index contributed by atoms with van der Waals surface area (Å²) >= 11 is 1.23. The molecule has 2 aromatic carbocycles. The van der Waals surface area contributed by atoms with Crippen LogP contribution in [-0.4, -0.2) is 23.7 Å². The molecular formula is C19H18FNO3S. The summed E-state index contributed by atoms with van der Waals surface area (Å²) in [4.78, 5) is 25.7. The van der Waals surface area contributed by atoms with Gasteiger partial charge in [0.1, 0.15) is 5.82 Å². The van der Waals surface area contributed by atoms with E-state index in [1.807, 2.05) is 31.2 Å². The number of aryl methyl sites for hydroxylation is 1. The highest BCUT2D eigenvalue weighted by molar-refractivity contribution is 8.01. The molecule has 25 heavy (non-hydrogen) atoms. The number of esters is 1. The molecule has 2 atom stereocenters. The number of ether oxygens (including phenoxy) is 1. The van der Waals surface area contributed by atoms with Gasteiger partial charge in [0.05, 0.1) is 19.6 Å². The molecule has 1 heterocycles. The van der Waals surface area contributed by atoms with Gasteiger partial charge in [0.2, 0.25) is 5.91 Å². The first-order valence-corrected chi connectivity index (χ1v) is 8.66. The molecule has 0 bridgehead atoms. The first kappa shape index (κ1) is 17.5. The molecule has 0 saturated carbocycles. The Bertz CT molecular complexity index is 809. The van der Waals surface area contributed by atoms with Crippen LogP contribution >= 0.6 is 11.8 Å². The number of carbonyl (C=O) groups is 2. The first-order chi connectivity index (χ1) is 12.0. The van der Waals surface area contributed by atoms with Crippen molar-refractivity contribution in [3.05, 3.63) is 65.5 Å². The maximum Gasteiger partial charge on any atom is 0.325 e. The van der Waals surface area contributed by atoms with E-state index in [0.717, 1.165) is 10.5 Å². The summed E-state index contributed by atoms with van der Waals surface area (Å²) in [6.07, 6.45) is -0.0722. The largest absolute Gasteiger partial charge is 0.468 e. The topological polar surface area (TPSA) is 55.4 Å². The summed E-state index contributed by atoms with van der Waals surface area (Å²) in [5.41, 5.74) is 1.36. The number of nitrogens with one attached hydrogen (secondary N) is 1. The van der Waals surface area contributed by atoms with Crippen molar-refractivity contribution in [1.82, 2.24) is 5.32 Å². The molecule has 0 aromatic heterocycles. The molecule has 0 radical (unpaired) electrons. The Labute approximate surface area is 149 Å². The maximum atomic E-state index is 14.4. The molecule has 0 aliphatic carbocycles. The number of methoxy groups -OCH3 is 1. The van der Waals surface area contributed by atoms with Crippen molar-refractivity contribution < 1.29 is 18.7 Å². The number of halogens is 1. The van der Waals surface area contributed by atoms with E-state index < -0.39 is 22.6 Å². The van der Waals surface area contributed by atoms with Gasteiger partial charge in [-0.3, -0.25) is 9.59 Å². The molecule has 1 unspecified atom stereocenters. The maximum absolute atomic E-state index is 14.4. The van der Waals surface area contributed by atoms with E-state index in [4.69, 9.17) is 4.74 Å². The third kappa shape index (κ3) is 3.26. The normalized spacial score (nSPS) is 22.5. The van der Waals surface area contributed by atoms with Crippen molar-refractivity contribution in [2.24, 2.45) is 0 Å². The first-order valence-electron chi connectivity index (χ1n) is 7.84. The average molecular weight is 359 g/mol. The Morgan fingerprint density at radius 3 is 2.56 bits per heavy atom. The van der Waals surface area contributed by atoms with Crippen molar-refractivity contribution >= 4 is 23.6 Å². The Balaban J connectivity index is 2.08. The molecule has 6 heteroatoms. The van der Waals surface area contributed by atoms with Crippen molar-refractivity contribution in [2.75, 3.05) is 7.11 Å². The molecule has 1 fully saturated rings. The molecule has 3 rings (SSSR count). The van der Waals surface area contributed by atoms with E-state index >= 15 is 0 Å². The van der Waals surface area contributed by atoms with Gasteiger partial charge in [-0.05, 0) is 25.1 Å². The summed E-state index contributed by atoms with van der Waals surface area (Å²) in [6, 6.07) is 13.0. The van der Waals surface area contributed by atoms with Crippen molar-refractivity contribution in [2.45, 2.75) is 29.0 Å². The average Bonchev–Trinajstić information content (AvgIpc) is 2.94. The smallest absolute Gasteiger partial charge is 0.325 e. The molecule has 130 valence electrons. The predicted octanol–water partition coefficient (Wildman–Crippen LogP) is 3.40. The van der Waals surface area contributed by atoms with Crippen LogP contribution < -0.4 is 5.32 Å². The van der Waals surface area contributed by atoms with E-state index in [2.05, 4.69) is 5.32 Å². The third-order valence-electron chi connectivity index (χ3n) is 4.26. The number of carbonyl (C=O) groups excluding carboxylic acids is 2. The van der Waals surface area contributed by atoms with Crippen LogP contribution in [0.3, 0.4) is 0 Å². The van der Waals surface area contributed by atoms with Crippen LogP contribution in [-0.2, 0) is 14.3 Å². The summed E-state index contributed by atoms with van der Waals surface area (Å²) in [7, 11) is 1.28. The minimum absolute atomic E-state index is 0.0722. The monoisotopic (exact) mass is 359 g/mol.